The molecule has 0 aliphatic heterocycles. The van der Waals surface area contributed by atoms with E-state index in [0.717, 1.165) is 5.56 Å². The molecule has 0 spiro atoms. The minimum Gasteiger partial charge on any atom is -0.306 e. The standard InChI is InChI=1S/C11H12FN5/c1-7-10(12)11(17-13)16-9(15-7)6-8-2-4-14-5-3-8/h2-5H,6,13H2,1H3,(H,15,16,17). The molecule has 2 aromatic heterocycles. The van der Waals surface area contributed by atoms with Gasteiger partial charge in [-0.1, -0.05) is 0 Å². The van der Waals surface area contributed by atoms with Gasteiger partial charge in [-0.3, -0.25) is 4.98 Å². The monoisotopic (exact) mass is 233 g/mol. The Morgan fingerprint density at radius 1 is 1.29 bits per heavy atom. The minimum absolute atomic E-state index is 0.0153. The highest BCUT2D eigenvalue weighted by Crippen LogP contribution is 2.14. The number of nitrogens with zero attached hydrogens (tertiary/aromatic N) is 3. The van der Waals surface area contributed by atoms with Crippen LogP contribution in [0.2, 0.25) is 0 Å². The Bertz CT molecular complexity index is 515. The molecule has 0 aliphatic carbocycles. The number of aromatic nitrogens is 3. The first kappa shape index (κ1) is 11.4. The summed E-state index contributed by atoms with van der Waals surface area (Å²) in [5, 5.41) is 0. The zero-order chi connectivity index (χ0) is 12.3. The van der Waals surface area contributed by atoms with Gasteiger partial charge in [-0.05, 0) is 24.6 Å². The lowest BCUT2D eigenvalue weighted by Crippen LogP contribution is -2.14. The van der Waals surface area contributed by atoms with E-state index < -0.39 is 5.82 Å². The van der Waals surface area contributed by atoms with E-state index in [0.29, 0.717) is 12.2 Å². The van der Waals surface area contributed by atoms with Crippen LogP contribution >= 0.6 is 0 Å². The topological polar surface area (TPSA) is 76.7 Å². The second kappa shape index (κ2) is 4.84. The maximum atomic E-state index is 13.4. The van der Waals surface area contributed by atoms with E-state index in [9.17, 15) is 4.39 Å². The van der Waals surface area contributed by atoms with Crippen LogP contribution in [0.5, 0.6) is 0 Å². The molecule has 0 saturated carbocycles. The van der Waals surface area contributed by atoms with Gasteiger partial charge in [0, 0.05) is 18.8 Å². The first-order chi connectivity index (χ1) is 8.20. The summed E-state index contributed by atoms with van der Waals surface area (Å²) >= 11 is 0. The summed E-state index contributed by atoms with van der Waals surface area (Å²) in [6.45, 7) is 1.58. The Kier molecular flexibility index (Phi) is 3.24. The third-order valence-corrected chi connectivity index (χ3v) is 2.31. The van der Waals surface area contributed by atoms with E-state index in [1.54, 1.807) is 19.3 Å². The lowest BCUT2D eigenvalue weighted by molar-refractivity contribution is 0.601. The summed E-state index contributed by atoms with van der Waals surface area (Å²) in [5.74, 6) is 5.20. The molecule has 0 aromatic carbocycles. The first-order valence-corrected chi connectivity index (χ1v) is 5.09. The largest absolute Gasteiger partial charge is 0.306 e. The van der Waals surface area contributed by atoms with Gasteiger partial charge in [-0.2, -0.15) is 0 Å². The quantitative estimate of drug-likeness (QED) is 0.615. The zero-order valence-corrected chi connectivity index (χ0v) is 9.31. The van der Waals surface area contributed by atoms with Crippen molar-refractivity contribution in [1.29, 1.82) is 0 Å². The molecule has 6 heteroatoms. The van der Waals surface area contributed by atoms with Crippen LogP contribution in [0.1, 0.15) is 17.1 Å². The van der Waals surface area contributed by atoms with Gasteiger partial charge in [0.25, 0.3) is 0 Å². The number of hydrazine groups is 1. The highest BCUT2D eigenvalue weighted by molar-refractivity contribution is 5.37. The van der Waals surface area contributed by atoms with E-state index in [1.165, 1.54) is 0 Å². The fourth-order valence-corrected chi connectivity index (χ4v) is 1.48. The van der Waals surface area contributed by atoms with Crippen molar-refractivity contribution in [1.82, 2.24) is 15.0 Å². The second-order valence-electron chi connectivity index (χ2n) is 3.56. The molecule has 2 rings (SSSR count). The molecular weight excluding hydrogens is 221 g/mol. The van der Waals surface area contributed by atoms with Gasteiger partial charge in [-0.15, -0.1) is 0 Å². The smallest absolute Gasteiger partial charge is 0.187 e. The molecule has 0 aliphatic rings. The third-order valence-electron chi connectivity index (χ3n) is 2.31. The maximum Gasteiger partial charge on any atom is 0.187 e. The Labute approximate surface area is 97.9 Å². The molecule has 2 aromatic rings. The summed E-state index contributed by atoms with van der Waals surface area (Å²) in [7, 11) is 0. The van der Waals surface area contributed by atoms with E-state index in [1.807, 2.05) is 12.1 Å². The van der Waals surface area contributed by atoms with Crippen LogP contribution in [0.25, 0.3) is 0 Å². The molecule has 17 heavy (non-hydrogen) atoms. The number of nitrogen functional groups attached to an aromatic ring is 1. The SMILES string of the molecule is Cc1nc(Cc2ccncc2)nc(NN)c1F. The van der Waals surface area contributed by atoms with Crippen LogP contribution in [0, 0.1) is 12.7 Å². The van der Waals surface area contributed by atoms with Crippen molar-refractivity contribution in [2.75, 3.05) is 5.43 Å². The minimum atomic E-state index is -0.522. The predicted octanol–water partition coefficient (Wildman–Crippen LogP) is 1.20. The number of nitrogens with one attached hydrogen (secondary N) is 1. The summed E-state index contributed by atoms with van der Waals surface area (Å²) in [6.07, 6.45) is 3.89. The predicted molar refractivity (Wildman–Crippen MR) is 61.6 cm³/mol. The summed E-state index contributed by atoms with van der Waals surface area (Å²) in [5.41, 5.74) is 3.51. The Balaban J connectivity index is 2.31. The highest BCUT2D eigenvalue weighted by atomic mass is 19.1. The number of aryl methyl sites for hydroxylation is 1. The number of anilines is 1. The lowest BCUT2D eigenvalue weighted by Gasteiger charge is -2.07. The third kappa shape index (κ3) is 2.54. The van der Waals surface area contributed by atoms with Crippen molar-refractivity contribution in [3.05, 3.63) is 47.4 Å². The number of pyridine rings is 1. The van der Waals surface area contributed by atoms with Gasteiger partial charge in [0.15, 0.2) is 11.6 Å². The van der Waals surface area contributed by atoms with Gasteiger partial charge in [0.2, 0.25) is 0 Å². The molecule has 0 bridgehead atoms. The van der Waals surface area contributed by atoms with Crippen molar-refractivity contribution < 1.29 is 4.39 Å². The fraction of sp³-hybridized carbons (Fsp3) is 0.182. The van der Waals surface area contributed by atoms with Crippen LogP contribution < -0.4 is 11.3 Å². The lowest BCUT2D eigenvalue weighted by atomic mass is 10.2. The molecular formula is C11H12FN5. The van der Waals surface area contributed by atoms with Crippen LogP contribution in [0.15, 0.2) is 24.5 Å². The van der Waals surface area contributed by atoms with E-state index in [2.05, 4.69) is 20.4 Å². The first-order valence-electron chi connectivity index (χ1n) is 5.09. The summed E-state index contributed by atoms with van der Waals surface area (Å²) in [6, 6.07) is 3.72. The van der Waals surface area contributed by atoms with Crippen molar-refractivity contribution >= 4 is 5.82 Å². The molecule has 0 amide bonds. The van der Waals surface area contributed by atoms with E-state index >= 15 is 0 Å². The van der Waals surface area contributed by atoms with Crippen LogP contribution in [0.3, 0.4) is 0 Å². The summed E-state index contributed by atoms with van der Waals surface area (Å²) < 4.78 is 13.4. The Hall–Kier alpha value is -2.08. The number of nitrogens with two attached hydrogens (primary N) is 1. The van der Waals surface area contributed by atoms with E-state index in [4.69, 9.17) is 5.84 Å². The van der Waals surface area contributed by atoms with Gasteiger partial charge in [-0.25, -0.2) is 20.2 Å². The van der Waals surface area contributed by atoms with Crippen LogP contribution in [-0.2, 0) is 6.42 Å². The molecule has 0 radical (unpaired) electrons. The molecule has 0 unspecified atom stereocenters. The number of hydrogen-bond donors (Lipinski definition) is 2. The number of rotatable bonds is 3. The normalized spacial score (nSPS) is 10.3. The maximum absolute atomic E-state index is 13.4. The van der Waals surface area contributed by atoms with E-state index in [-0.39, 0.29) is 11.5 Å². The Morgan fingerprint density at radius 2 is 2.00 bits per heavy atom. The molecule has 88 valence electrons. The number of hydrogen-bond acceptors (Lipinski definition) is 5. The summed E-state index contributed by atoms with van der Waals surface area (Å²) in [4.78, 5) is 12.0. The molecule has 0 atom stereocenters. The molecule has 0 saturated heterocycles. The van der Waals surface area contributed by atoms with Gasteiger partial charge in [0.05, 0.1) is 5.69 Å². The molecule has 0 fully saturated rings. The van der Waals surface area contributed by atoms with Crippen molar-refractivity contribution in [3.63, 3.8) is 0 Å². The van der Waals surface area contributed by atoms with Gasteiger partial charge in [0.1, 0.15) is 5.82 Å². The van der Waals surface area contributed by atoms with Crippen molar-refractivity contribution in [3.8, 4) is 0 Å². The second-order valence-corrected chi connectivity index (χ2v) is 3.56. The number of halogens is 1. The molecule has 2 heterocycles. The van der Waals surface area contributed by atoms with Crippen LogP contribution in [0.4, 0.5) is 10.2 Å². The molecule has 5 nitrogen and oxygen atoms in total. The fourth-order valence-electron chi connectivity index (χ4n) is 1.48. The van der Waals surface area contributed by atoms with Crippen LogP contribution in [-0.4, -0.2) is 15.0 Å². The van der Waals surface area contributed by atoms with Crippen molar-refractivity contribution in [2.24, 2.45) is 5.84 Å². The average molecular weight is 233 g/mol. The van der Waals surface area contributed by atoms with Gasteiger partial charge >= 0.3 is 0 Å². The average Bonchev–Trinajstić information content (AvgIpc) is 2.35. The zero-order valence-electron chi connectivity index (χ0n) is 9.31. The molecule has 3 N–H and O–H groups in total. The van der Waals surface area contributed by atoms with Gasteiger partial charge < -0.3 is 5.43 Å². The highest BCUT2D eigenvalue weighted by Gasteiger charge is 2.10. The van der Waals surface area contributed by atoms with Crippen molar-refractivity contribution in [2.45, 2.75) is 13.3 Å². The Morgan fingerprint density at radius 3 is 2.65 bits per heavy atom.